The molecule has 0 radical (unpaired) electrons. The molecule has 2 aromatic carbocycles. The highest BCUT2D eigenvalue weighted by molar-refractivity contribution is 5.81. The Morgan fingerprint density at radius 3 is 2.50 bits per heavy atom. The van der Waals surface area contributed by atoms with Crippen molar-refractivity contribution in [2.75, 3.05) is 0 Å². The van der Waals surface area contributed by atoms with Crippen LogP contribution in [-0.4, -0.2) is 15.1 Å². The van der Waals surface area contributed by atoms with E-state index in [4.69, 9.17) is 0 Å². The highest BCUT2D eigenvalue weighted by Crippen LogP contribution is 2.42. The fraction of sp³-hybridized carbons (Fsp3) is 0.0870. The Kier molecular flexibility index (Phi) is 3.30. The summed E-state index contributed by atoms with van der Waals surface area (Å²) in [6.07, 6.45) is 6.29. The summed E-state index contributed by atoms with van der Waals surface area (Å²) in [7, 11) is 0. The molecule has 3 heteroatoms. The number of nitrogens with one attached hydrogen (secondary N) is 1. The highest BCUT2D eigenvalue weighted by Gasteiger charge is 2.39. The van der Waals surface area contributed by atoms with Crippen molar-refractivity contribution in [1.82, 2.24) is 9.97 Å². The van der Waals surface area contributed by atoms with Gasteiger partial charge in [0.05, 0.1) is 5.69 Å². The first kappa shape index (κ1) is 15.1. The summed E-state index contributed by atoms with van der Waals surface area (Å²) in [6.45, 7) is 0. The molecule has 0 spiro atoms. The topological polar surface area (TPSA) is 48.9 Å². The molecule has 0 saturated carbocycles. The first-order valence-corrected chi connectivity index (χ1v) is 8.75. The minimum atomic E-state index is -1.22. The molecule has 0 aliphatic heterocycles. The Morgan fingerprint density at radius 2 is 1.69 bits per heavy atom. The maximum absolute atomic E-state index is 12.0. The molecule has 0 saturated heterocycles. The van der Waals surface area contributed by atoms with Crippen LogP contribution in [-0.2, 0) is 12.0 Å². The number of rotatable bonds is 3. The molecule has 0 bridgehead atoms. The predicted octanol–water partition coefficient (Wildman–Crippen LogP) is 4.44. The molecule has 1 aliphatic rings. The van der Waals surface area contributed by atoms with Gasteiger partial charge < -0.3 is 10.1 Å². The molecule has 3 nitrogen and oxygen atoms in total. The Hall–Kier alpha value is -3.17. The van der Waals surface area contributed by atoms with Crippen LogP contribution >= 0.6 is 0 Å². The summed E-state index contributed by atoms with van der Waals surface area (Å²) in [5, 5.41) is 13.1. The first-order chi connectivity index (χ1) is 12.7. The number of nitrogens with zero attached hydrogens (tertiary/aromatic N) is 1. The van der Waals surface area contributed by atoms with Gasteiger partial charge in [-0.25, -0.2) is 0 Å². The number of aromatic amines is 1. The molecule has 0 amide bonds. The molecular weight excluding hydrogens is 320 g/mol. The van der Waals surface area contributed by atoms with Crippen LogP contribution in [0.15, 0.2) is 84.7 Å². The van der Waals surface area contributed by atoms with Crippen molar-refractivity contribution in [3.8, 4) is 0 Å². The molecule has 126 valence electrons. The lowest BCUT2D eigenvalue weighted by Gasteiger charge is -2.29. The van der Waals surface area contributed by atoms with E-state index in [1.54, 1.807) is 12.4 Å². The number of aliphatic hydroxyl groups is 1. The van der Waals surface area contributed by atoms with Crippen LogP contribution in [0.25, 0.3) is 17.0 Å². The lowest BCUT2D eigenvalue weighted by atomic mass is 9.82. The summed E-state index contributed by atoms with van der Waals surface area (Å²) >= 11 is 0. The van der Waals surface area contributed by atoms with E-state index in [-0.39, 0.29) is 0 Å². The van der Waals surface area contributed by atoms with E-state index in [0.717, 1.165) is 34.2 Å². The number of fused-ring (bicyclic) bond motifs is 2. The van der Waals surface area contributed by atoms with Crippen LogP contribution in [0.4, 0.5) is 0 Å². The summed E-state index contributed by atoms with van der Waals surface area (Å²) in [5.41, 5.74) is 4.78. The Bertz CT molecular complexity index is 1090. The predicted molar refractivity (Wildman–Crippen MR) is 104 cm³/mol. The molecule has 1 aliphatic carbocycles. The van der Waals surface area contributed by atoms with Gasteiger partial charge >= 0.3 is 0 Å². The van der Waals surface area contributed by atoms with Crippen molar-refractivity contribution in [2.24, 2.45) is 0 Å². The van der Waals surface area contributed by atoms with E-state index in [2.05, 4.69) is 34.2 Å². The molecule has 2 aromatic heterocycles. The molecule has 0 fully saturated rings. The van der Waals surface area contributed by atoms with Crippen LogP contribution in [0.2, 0.25) is 0 Å². The van der Waals surface area contributed by atoms with Gasteiger partial charge in [-0.2, -0.15) is 0 Å². The number of hydrogen-bond donors (Lipinski definition) is 2. The van der Waals surface area contributed by atoms with Gasteiger partial charge in [0.1, 0.15) is 0 Å². The molecule has 4 aromatic rings. The molecule has 1 unspecified atom stereocenters. The van der Waals surface area contributed by atoms with Gasteiger partial charge in [-0.1, -0.05) is 48.5 Å². The fourth-order valence-electron chi connectivity index (χ4n) is 3.89. The van der Waals surface area contributed by atoms with E-state index in [9.17, 15) is 5.11 Å². The Labute approximate surface area is 151 Å². The second-order valence-corrected chi connectivity index (χ2v) is 6.76. The number of H-pyrrole nitrogens is 1. The molecule has 1 atom stereocenters. The average Bonchev–Trinajstić information content (AvgIpc) is 3.32. The third kappa shape index (κ3) is 2.21. The monoisotopic (exact) mass is 338 g/mol. The van der Waals surface area contributed by atoms with Crippen molar-refractivity contribution in [1.29, 1.82) is 0 Å². The third-order valence-corrected chi connectivity index (χ3v) is 5.25. The largest absolute Gasteiger partial charge is 0.375 e. The molecular formula is C23H18N2O. The van der Waals surface area contributed by atoms with E-state index in [1.807, 2.05) is 48.5 Å². The minimum Gasteiger partial charge on any atom is -0.375 e. The summed E-state index contributed by atoms with van der Waals surface area (Å²) in [5.74, 6) is 0. The van der Waals surface area contributed by atoms with Gasteiger partial charge in [-0.3, -0.25) is 4.98 Å². The fourth-order valence-corrected chi connectivity index (χ4v) is 3.89. The van der Waals surface area contributed by atoms with Gasteiger partial charge in [-0.05, 0) is 58.3 Å². The van der Waals surface area contributed by atoms with Gasteiger partial charge in [-0.15, -0.1) is 0 Å². The van der Waals surface area contributed by atoms with Crippen LogP contribution in [0.3, 0.4) is 0 Å². The second kappa shape index (κ2) is 5.68. The molecule has 2 N–H and O–H groups in total. The standard InChI is InChI=1S/C23H18N2O/c26-23(19-9-11-24-12-10-19,20-13-16-5-1-2-6-17(16)14-20)22-15-18-7-3-4-8-21(18)25-22/h1-13,15,25-26H,14H2. The van der Waals surface area contributed by atoms with Crippen molar-refractivity contribution in [3.05, 3.63) is 107 Å². The smallest absolute Gasteiger partial charge is 0.151 e. The normalized spacial score (nSPS) is 15.5. The lowest BCUT2D eigenvalue weighted by molar-refractivity contribution is 0.116. The van der Waals surface area contributed by atoms with Gasteiger partial charge in [0.15, 0.2) is 5.60 Å². The van der Waals surface area contributed by atoms with Crippen molar-refractivity contribution in [3.63, 3.8) is 0 Å². The SMILES string of the molecule is OC(C1=Cc2ccccc2C1)(c1ccncc1)c1cc2ccccc2[nH]1. The maximum Gasteiger partial charge on any atom is 0.151 e. The lowest BCUT2D eigenvalue weighted by Crippen LogP contribution is -2.30. The van der Waals surface area contributed by atoms with E-state index >= 15 is 0 Å². The quantitative estimate of drug-likeness (QED) is 0.580. The summed E-state index contributed by atoms with van der Waals surface area (Å²) in [4.78, 5) is 7.55. The number of para-hydroxylation sites is 1. The highest BCUT2D eigenvalue weighted by atomic mass is 16.3. The van der Waals surface area contributed by atoms with Gasteiger partial charge in [0, 0.05) is 17.9 Å². The maximum atomic E-state index is 12.0. The number of hydrogen-bond acceptors (Lipinski definition) is 2. The van der Waals surface area contributed by atoms with Crippen molar-refractivity contribution >= 4 is 17.0 Å². The second-order valence-electron chi connectivity index (χ2n) is 6.76. The first-order valence-electron chi connectivity index (χ1n) is 8.75. The number of aromatic nitrogens is 2. The van der Waals surface area contributed by atoms with Gasteiger partial charge in [0.2, 0.25) is 0 Å². The molecule has 5 rings (SSSR count). The summed E-state index contributed by atoms with van der Waals surface area (Å²) < 4.78 is 0. The zero-order chi connectivity index (χ0) is 17.6. The molecule has 2 heterocycles. The van der Waals surface area contributed by atoms with Crippen LogP contribution in [0.5, 0.6) is 0 Å². The Balaban J connectivity index is 1.72. The molecule has 26 heavy (non-hydrogen) atoms. The summed E-state index contributed by atoms with van der Waals surface area (Å²) in [6, 6.07) is 22.2. The average molecular weight is 338 g/mol. The zero-order valence-electron chi connectivity index (χ0n) is 14.2. The third-order valence-electron chi connectivity index (χ3n) is 5.25. The number of pyridine rings is 1. The van der Waals surface area contributed by atoms with Gasteiger partial charge in [0.25, 0.3) is 0 Å². The van der Waals surface area contributed by atoms with Crippen LogP contribution in [0.1, 0.15) is 22.4 Å². The van der Waals surface area contributed by atoms with E-state index in [1.165, 1.54) is 11.1 Å². The van der Waals surface area contributed by atoms with Crippen LogP contribution < -0.4 is 0 Å². The zero-order valence-corrected chi connectivity index (χ0v) is 14.2. The Morgan fingerprint density at radius 1 is 0.923 bits per heavy atom. The minimum absolute atomic E-state index is 0.727. The van der Waals surface area contributed by atoms with Crippen LogP contribution in [0, 0.1) is 0 Å². The van der Waals surface area contributed by atoms with Crippen molar-refractivity contribution in [2.45, 2.75) is 12.0 Å². The van der Waals surface area contributed by atoms with E-state index in [0.29, 0.717) is 0 Å². The van der Waals surface area contributed by atoms with Crippen molar-refractivity contribution < 1.29 is 5.11 Å². The van der Waals surface area contributed by atoms with E-state index < -0.39 is 5.60 Å². The number of benzene rings is 2.